The van der Waals surface area contributed by atoms with E-state index in [0.29, 0.717) is 30.1 Å². The number of carbonyl (C=O) groups is 2. The van der Waals surface area contributed by atoms with E-state index < -0.39 is 17.9 Å². The molecule has 10 heteroatoms. The molecule has 3 aromatic rings. The number of hydrogen-bond donors (Lipinski definition) is 3. The molecular weight excluding hydrogens is 400 g/mol. The van der Waals surface area contributed by atoms with Gasteiger partial charge >= 0.3 is 5.97 Å². The summed E-state index contributed by atoms with van der Waals surface area (Å²) in [6, 6.07) is 8.23. The molecule has 0 spiro atoms. The van der Waals surface area contributed by atoms with Gasteiger partial charge in [-0.25, -0.2) is 9.97 Å². The van der Waals surface area contributed by atoms with Gasteiger partial charge in [0.25, 0.3) is 5.91 Å². The van der Waals surface area contributed by atoms with Crippen molar-refractivity contribution in [2.75, 3.05) is 19.0 Å². The fourth-order valence-corrected chi connectivity index (χ4v) is 2.91. The molecule has 0 radical (unpaired) electrons. The van der Waals surface area contributed by atoms with Gasteiger partial charge < -0.3 is 20.5 Å². The maximum Gasteiger partial charge on any atom is 0.305 e. The van der Waals surface area contributed by atoms with Gasteiger partial charge in [-0.3, -0.25) is 14.3 Å². The van der Waals surface area contributed by atoms with Crippen LogP contribution in [0.5, 0.6) is 5.88 Å². The van der Waals surface area contributed by atoms with Crippen molar-refractivity contribution < 1.29 is 19.4 Å². The number of aliphatic carboxylic acids is 1. The maximum absolute atomic E-state index is 12.6. The molecule has 3 aromatic heterocycles. The molecule has 1 unspecified atom stereocenters. The first-order valence-corrected chi connectivity index (χ1v) is 9.75. The third-order valence-corrected chi connectivity index (χ3v) is 4.49. The summed E-state index contributed by atoms with van der Waals surface area (Å²) in [5.74, 6) is -0.222. The predicted molar refractivity (Wildman–Crippen MR) is 113 cm³/mol. The van der Waals surface area contributed by atoms with Gasteiger partial charge in [0.05, 0.1) is 31.3 Å². The van der Waals surface area contributed by atoms with E-state index >= 15 is 0 Å². The molecule has 0 fully saturated rings. The molecule has 3 heterocycles. The van der Waals surface area contributed by atoms with E-state index in [4.69, 9.17) is 4.74 Å². The second-order valence-electron chi connectivity index (χ2n) is 6.75. The average Bonchev–Trinajstić information content (AvgIpc) is 3.26. The third-order valence-electron chi connectivity index (χ3n) is 4.49. The second kappa shape index (κ2) is 10.7. The number of carbonyl (C=O) groups excluding carboxylic acids is 1. The monoisotopic (exact) mass is 424 g/mol. The summed E-state index contributed by atoms with van der Waals surface area (Å²) < 4.78 is 6.69. The Morgan fingerprint density at radius 1 is 1.19 bits per heavy atom. The van der Waals surface area contributed by atoms with Crippen LogP contribution in [0.15, 0.2) is 55.1 Å². The summed E-state index contributed by atoms with van der Waals surface area (Å²) in [7, 11) is 1.49. The highest BCUT2D eigenvalue weighted by atomic mass is 16.5. The summed E-state index contributed by atoms with van der Waals surface area (Å²) in [5.41, 5.74) is 0.930. The summed E-state index contributed by atoms with van der Waals surface area (Å²) in [6.45, 7) is 1.33. The lowest BCUT2D eigenvalue weighted by molar-refractivity contribution is -0.137. The van der Waals surface area contributed by atoms with Crippen molar-refractivity contribution in [3.63, 3.8) is 0 Å². The zero-order chi connectivity index (χ0) is 22.1. The highest BCUT2D eigenvalue weighted by Gasteiger charge is 2.20. The molecule has 3 N–H and O–H groups in total. The van der Waals surface area contributed by atoms with Crippen molar-refractivity contribution in [2.24, 2.45) is 0 Å². The molecular formula is C21H24N6O4. The van der Waals surface area contributed by atoms with Gasteiger partial charge in [-0.05, 0) is 24.1 Å². The van der Waals surface area contributed by atoms with Gasteiger partial charge in [0.15, 0.2) is 0 Å². The molecule has 3 rings (SSSR count). The summed E-state index contributed by atoms with van der Waals surface area (Å²) in [5, 5.41) is 19.4. The molecule has 0 saturated heterocycles. The first-order valence-electron chi connectivity index (χ1n) is 9.75. The predicted octanol–water partition coefficient (Wildman–Crippen LogP) is 2.13. The van der Waals surface area contributed by atoms with Crippen molar-refractivity contribution in [1.29, 1.82) is 0 Å². The zero-order valence-corrected chi connectivity index (χ0v) is 17.1. The number of anilines is 1. The van der Waals surface area contributed by atoms with E-state index in [1.165, 1.54) is 19.5 Å². The fraction of sp³-hybridized carbons (Fsp3) is 0.286. The first-order chi connectivity index (χ1) is 15.0. The lowest BCUT2D eigenvalue weighted by Crippen LogP contribution is -2.30. The number of carboxylic acids is 1. The minimum Gasteiger partial charge on any atom is -0.481 e. The van der Waals surface area contributed by atoms with Crippen LogP contribution >= 0.6 is 0 Å². The van der Waals surface area contributed by atoms with Gasteiger partial charge in [-0.15, -0.1) is 0 Å². The lowest BCUT2D eigenvalue weighted by atomic mass is 10.1. The molecule has 0 aliphatic carbocycles. The number of pyridine rings is 2. The molecule has 0 bridgehead atoms. The van der Waals surface area contributed by atoms with E-state index in [-0.39, 0.29) is 6.42 Å². The standard InChI is InChI=1S/C21H24N6O4/c1-31-19-7-6-15(12-24-19)17(11-20(28)29)26-21(30)16-13-25-27(14-16)10-4-9-23-18-5-2-3-8-22-18/h2-3,5-8,12-14,17H,4,9-11H2,1H3,(H,22,23)(H,26,30)(H,28,29). The topological polar surface area (TPSA) is 131 Å². The minimum atomic E-state index is -1.03. The molecule has 0 aliphatic heterocycles. The number of hydrogen-bond acceptors (Lipinski definition) is 7. The molecule has 31 heavy (non-hydrogen) atoms. The van der Waals surface area contributed by atoms with Crippen LogP contribution < -0.4 is 15.4 Å². The van der Waals surface area contributed by atoms with Crippen LogP contribution in [0.1, 0.15) is 34.8 Å². The SMILES string of the molecule is COc1ccc(C(CC(=O)O)NC(=O)c2cnn(CCCNc3ccccn3)c2)cn1. The van der Waals surface area contributed by atoms with Crippen molar-refractivity contribution in [3.05, 3.63) is 66.2 Å². The van der Waals surface area contributed by atoms with E-state index in [9.17, 15) is 14.7 Å². The van der Waals surface area contributed by atoms with E-state index in [1.807, 2.05) is 18.2 Å². The number of nitrogens with one attached hydrogen (secondary N) is 2. The van der Waals surface area contributed by atoms with Gasteiger partial charge in [-0.1, -0.05) is 12.1 Å². The Bertz CT molecular complexity index is 991. The summed E-state index contributed by atoms with van der Waals surface area (Å²) in [4.78, 5) is 32.2. The minimum absolute atomic E-state index is 0.271. The van der Waals surface area contributed by atoms with Gasteiger partial charge in [0.2, 0.25) is 5.88 Å². The van der Waals surface area contributed by atoms with Crippen LogP contribution in [-0.2, 0) is 11.3 Å². The fourth-order valence-electron chi connectivity index (χ4n) is 2.91. The van der Waals surface area contributed by atoms with Gasteiger partial charge in [0.1, 0.15) is 5.82 Å². The number of ether oxygens (including phenoxy) is 1. The van der Waals surface area contributed by atoms with Crippen LogP contribution in [0.3, 0.4) is 0 Å². The van der Waals surface area contributed by atoms with Crippen LogP contribution in [0, 0.1) is 0 Å². The number of carboxylic acid groups (broad SMARTS) is 1. The maximum atomic E-state index is 12.6. The Hall–Kier alpha value is -3.95. The normalized spacial score (nSPS) is 11.5. The van der Waals surface area contributed by atoms with Crippen LogP contribution in [-0.4, -0.2) is 50.4 Å². The van der Waals surface area contributed by atoms with Crippen LogP contribution in [0.4, 0.5) is 5.82 Å². The Morgan fingerprint density at radius 3 is 2.74 bits per heavy atom. The number of aryl methyl sites for hydroxylation is 1. The average molecular weight is 424 g/mol. The van der Waals surface area contributed by atoms with Gasteiger partial charge in [-0.2, -0.15) is 5.10 Å². The highest BCUT2D eigenvalue weighted by Crippen LogP contribution is 2.19. The summed E-state index contributed by atoms with van der Waals surface area (Å²) >= 11 is 0. The Kier molecular flexibility index (Phi) is 7.52. The van der Waals surface area contributed by atoms with E-state index in [2.05, 4.69) is 25.7 Å². The highest BCUT2D eigenvalue weighted by molar-refractivity contribution is 5.94. The van der Waals surface area contributed by atoms with Crippen LogP contribution in [0.25, 0.3) is 0 Å². The Balaban J connectivity index is 1.55. The molecule has 1 atom stereocenters. The van der Waals surface area contributed by atoms with Gasteiger partial charge in [0, 0.05) is 37.7 Å². The molecule has 1 amide bonds. The van der Waals surface area contributed by atoms with Crippen molar-refractivity contribution >= 4 is 17.7 Å². The second-order valence-corrected chi connectivity index (χ2v) is 6.75. The molecule has 0 aromatic carbocycles. The van der Waals surface area contributed by atoms with Crippen LogP contribution in [0.2, 0.25) is 0 Å². The number of nitrogens with zero attached hydrogens (tertiary/aromatic N) is 4. The largest absolute Gasteiger partial charge is 0.481 e. The Labute approximate surface area is 179 Å². The first kappa shape index (κ1) is 21.8. The summed E-state index contributed by atoms with van der Waals surface area (Å²) in [6.07, 6.45) is 6.84. The molecule has 0 aliphatic rings. The van der Waals surface area contributed by atoms with E-state index in [1.54, 1.807) is 29.2 Å². The molecule has 10 nitrogen and oxygen atoms in total. The Morgan fingerprint density at radius 2 is 2.06 bits per heavy atom. The number of aromatic nitrogens is 4. The van der Waals surface area contributed by atoms with Crippen molar-refractivity contribution in [1.82, 2.24) is 25.1 Å². The molecule has 0 saturated carbocycles. The number of amides is 1. The smallest absolute Gasteiger partial charge is 0.305 e. The lowest BCUT2D eigenvalue weighted by Gasteiger charge is -2.17. The zero-order valence-electron chi connectivity index (χ0n) is 17.1. The number of methoxy groups -OCH3 is 1. The third kappa shape index (κ3) is 6.53. The van der Waals surface area contributed by atoms with Crippen molar-refractivity contribution in [3.8, 4) is 5.88 Å². The quantitative estimate of drug-likeness (QED) is 0.399. The molecule has 162 valence electrons. The van der Waals surface area contributed by atoms with Crippen molar-refractivity contribution in [2.45, 2.75) is 25.4 Å². The van der Waals surface area contributed by atoms with E-state index in [0.717, 1.165) is 12.2 Å². The number of rotatable bonds is 11.